The van der Waals surface area contributed by atoms with Gasteiger partial charge in [-0.3, -0.25) is 4.68 Å². The number of halogens is 1. The maximum atomic E-state index is 4.51. The molecule has 2 aromatic heterocycles. The molecule has 0 spiro atoms. The quantitative estimate of drug-likeness (QED) is 0.719. The minimum atomic E-state index is 0.717. The predicted octanol–water partition coefficient (Wildman–Crippen LogP) is 3.01. The van der Waals surface area contributed by atoms with Gasteiger partial charge in [0.2, 0.25) is 0 Å². The molecule has 1 saturated carbocycles. The highest BCUT2D eigenvalue weighted by atomic mass is 79.9. The fourth-order valence-electron chi connectivity index (χ4n) is 2.40. The van der Waals surface area contributed by atoms with Crippen molar-refractivity contribution < 1.29 is 0 Å². The lowest BCUT2D eigenvalue weighted by Gasteiger charge is -2.03. The molecule has 7 heteroatoms. The van der Waals surface area contributed by atoms with Crippen LogP contribution in [0.1, 0.15) is 18.7 Å². The number of aryl methyl sites for hydroxylation is 1. The van der Waals surface area contributed by atoms with Gasteiger partial charge in [0.05, 0.1) is 11.9 Å². The van der Waals surface area contributed by atoms with Crippen LogP contribution in [0.15, 0.2) is 34.9 Å². The highest BCUT2D eigenvalue weighted by Gasteiger charge is 2.23. The van der Waals surface area contributed by atoms with Crippen LogP contribution < -0.4 is 0 Å². The Kier molecular flexibility index (Phi) is 3.29. The van der Waals surface area contributed by atoms with Gasteiger partial charge in [-0.2, -0.15) is 5.10 Å². The summed E-state index contributed by atoms with van der Waals surface area (Å²) in [6.45, 7) is 2.83. The van der Waals surface area contributed by atoms with Crippen LogP contribution in [-0.2, 0) is 6.54 Å². The smallest absolute Gasteiger partial charge is 0.185 e. The maximum absolute atomic E-state index is 4.51. The van der Waals surface area contributed by atoms with E-state index in [-0.39, 0.29) is 0 Å². The molecule has 1 aromatic carbocycles. The standard InChI is InChI=1S/C15H15BrN6/c1-10-17-15(14-9-21(20-18-14)8-11-2-3-11)22(19-10)13-6-4-12(16)5-7-13/h4-7,9,11H,2-3,8H2,1H3. The van der Waals surface area contributed by atoms with E-state index in [0.29, 0.717) is 0 Å². The van der Waals surface area contributed by atoms with Crippen molar-refractivity contribution in [3.8, 4) is 17.2 Å². The third kappa shape index (κ3) is 2.68. The first-order chi connectivity index (χ1) is 10.7. The second-order valence-corrected chi connectivity index (χ2v) is 6.56. The van der Waals surface area contributed by atoms with Gasteiger partial charge >= 0.3 is 0 Å². The second kappa shape index (κ2) is 5.31. The van der Waals surface area contributed by atoms with Gasteiger partial charge < -0.3 is 0 Å². The molecule has 0 amide bonds. The fourth-order valence-corrected chi connectivity index (χ4v) is 2.66. The van der Waals surface area contributed by atoms with Crippen molar-refractivity contribution in [3.63, 3.8) is 0 Å². The van der Waals surface area contributed by atoms with Gasteiger partial charge in [0.25, 0.3) is 0 Å². The average Bonchev–Trinajstić information content (AvgIpc) is 3.04. The van der Waals surface area contributed by atoms with E-state index in [9.17, 15) is 0 Å². The van der Waals surface area contributed by atoms with E-state index < -0.39 is 0 Å². The Labute approximate surface area is 136 Å². The van der Waals surface area contributed by atoms with Gasteiger partial charge in [0, 0.05) is 11.0 Å². The third-order valence-electron chi connectivity index (χ3n) is 3.69. The van der Waals surface area contributed by atoms with Crippen molar-refractivity contribution in [1.29, 1.82) is 0 Å². The van der Waals surface area contributed by atoms with Crippen LogP contribution in [0.3, 0.4) is 0 Å². The lowest BCUT2D eigenvalue weighted by Crippen LogP contribution is -2.00. The van der Waals surface area contributed by atoms with E-state index in [0.717, 1.165) is 40.0 Å². The highest BCUT2D eigenvalue weighted by Crippen LogP contribution is 2.30. The van der Waals surface area contributed by atoms with Crippen LogP contribution in [0.2, 0.25) is 0 Å². The maximum Gasteiger partial charge on any atom is 0.185 e. The van der Waals surface area contributed by atoms with Crippen LogP contribution >= 0.6 is 15.9 Å². The molecule has 1 aliphatic carbocycles. The molecule has 0 bridgehead atoms. The molecule has 6 nitrogen and oxygen atoms in total. The molecule has 0 saturated heterocycles. The van der Waals surface area contributed by atoms with E-state index in [2.05, 4.69) is 36.3 Å². The summed E-state index contributed by atoms with van der Waals surface area (Å²) >= 11 is 3.45. The average molecular weight is 359 g/mol. The predicted molar refractivity (Wildman–Crippen MR) is 85.5 cm³/mol. The van der Waals surface area contributed by atoms with Crippen LogP contribution in [-0.4, -0.2) is 29.8 Å². The minimum absolute atomic E-state index is 0.717. The molecule has 2 heterocycles. The number of nitrogens with zero attached hydrogens (tertiary/aromatic N) is 6. The first-order valence-electron chi connectivity index (χ1n) is 7.29. The Morgan fingerprint density at radius 2 is 2.00 bits per heavy atom. The zero-order valence-electron chi connectivity index (χ0n) is 12.1. The van der Waals surface area contributed by atoms with Gasteiger partial charge in [-0.1, -0.05) is 21.1 Å². The molecule has 0 N–H and O–H groups in total. The van der Waals surface area contributed by atoms with Gasteiger partial charge in [0.1, 0.15) is 11.5 Å². The lowest BCUT2D eigenvalue weighted by atomic mass is 10.3. The Balaban J connectivity index is 1.71. The van der Waals surface area contributed by atoms with E-state index in [1.807, 2.05) is 46.7 Å². The third-order valence-corrected chi connectivity index (χ3v) is 4.22. The van der Waals surface area contributed by atoms with Crippen molar-refractivity contribution in [3.05, 3.63) is 40.8 Å². The Bertz CT molecular complexity index is 800. The van der Waals surface area contributed by atoms with E-state index in [4.69, 9.17) is 0 Å². The van der Waals surface area contributed by atoms with Crippen LogP contribution in [0.25, 0.3) is 17.2 Å². The van der Waals surface area contributed by atoms with Crippen LogP contribution in [0.5, 0.6) is 0 Å². The first kappa shape index (κ1) is 13.6. The summed E-state index contributed by atoms with van der Waals surface area (Å²) in [5.41, 5.74) is 1.71. The fraction of sp³-hybridized carbons (Fsp3) is 0.333. The van der Waals surface area contributed by atoms with Crippen molar-refractivity contribution >= 4 is 15.9 Å². The number of benzene rings is 1. The molecule has 112 valence electrons. The van der Waals surface area contributed by atoms with Crippen molar-refractivity contribution in [2.45, 2.75) is 26.3 Å². The van der Waals surface area contributed by atoms with E-state index >= 15 is 0 Å². The molecule has 1 aliphatic rings. The Morgan fingerprint density at radius 3 is 2.73 bits per heavy atom. The monoisotopic (exact) mass is 358 g/mol. The molecule has 0 unspecified atom stereocenters. The summed E-state index contributed by atoms with van der Waals surface area (Å²) in [7, 11) is 0. The SMILES string of the molecule is Cc1nc(-c2cn(CC3CC3)nn2)n(-c2ccc(Br)cc2)n1. The highest BCUT2D eigenvalue weighted by molar-refractivity contribution is 9.10. The summed E-state index contributed by atoms with van der Waals surface area (Å²) in [4.78, 5) is 4.51. The molecule has 0 aliphatic heterocycles. The van der Waals surface area contributed by atoms with Crippen molar-refractivity contribution in [1.82, 2.24) is 29.8 Å². The molecule has 0 radical (unpaired) electrons. The topological polar surface area (TPSA) is 61.4 Å². The lowest BCUT2D eigenvalue weighted by molar-refractivity contribution is 0.544. The molecule has 1 fully saturated rings. The van der Waals surface area contributed by atoms with Gasteiger partial charge in [-0.15, -0.1) is 5.10 Å². The van der Waals surface area contributed by atoms with E-state index in [1.165, 1.54) is 12.8 Å². The zero-order chi connectivity index (χ0) is 15.1. The van der Waals surface area contributed by atoms with E-state index in [1.54, 1.807) is 0 Å². The summed E-state index contributed by atoms with van der Waals surface area (Å²) in [6, 6.07) is 7.97. The largest absolute Gasteiger partial charge is 0.252 e. The molecular weight excluding hydrogens is 344 g/mol. The minimum Gasteiger partial charge on any atom is -0.252 e. The van der Waals surface area contributed by atoms with Gasteiger partial charge in [-0.05, 0) is 49.9 Å². The number of aromatic nitrogens is 6. The summed E-state index contributed by atoms with van der Waals surface area (Å²) in [5.74, 6) is 2.21. The summed E-state index contributed by atoms with van der Waals surface area (Å²) < 4.78 is 4.75. The molecule has 4 rings (SSSR count). The van der Waals surface area contributed by atoms with Crippen LogP contribution in [0.4, 0.5) is 0 Å². The zero-order valence-corrected chi connectivity index (χ0v) is 13.7. The molecule has 22 heavy (non-hydrogen) atoms. The number of hydrogen-bond acceptors (Lipinski definition) is 4. The molecule has 3 aromatic rings. The first-order valence-corrected chi connectivity index (χ1v) is 8.08. The number of hydrogen-bond donors (Lipinski definition) is 0. The van der Waals surface area contributed by atoms with Crippen LogP contribution in [0, 0.1) is 12.8 Å². The van der Waals surface area contributed by atoms with Crippen molar-refractivity contribution in [2.75, 3.05) is 0 Å². The molecule has 0 atom stereocenters. The van der Waals surface area contributed by atoms with Crippen molar-refractivity contribution in [2.24, 2.45) is 5.92 Å². The van der Waals surface area contributed by atoms with Gasteiger partial charge in [-0.25, -0.2) is 9.67 Å². The normalized spacial score (nSPS) is 14.5. The van der Waals surface area contributed by atoms with Gasteiger partial charge in [0.15, 0.2) is 5.82 Å². The Hall–Kier alpha value is -2.02. The summed E-state index contributed by atoms with van der Waals surface area (Å²) in [6.07, 6.45) is 4.55. The Morgan fingerprint density at radius 1 is 1.23 bits per heavy atom. The second-order valence-electron chi connectivity index (χ2n) is 5.64. The molecular formula is C15H15BrN6. The summed E-state index contributed by atoms with van der Waals surface area (Å²) in [5, 5.41) is 13.0. The number of rotatable bonds is 4.